The van der Waals surface area contributed by atoms with Gasteiger partial charge >= 0.3 is 0 Å². The summed E-state index contributed by atoms with van der Waals surface area (Å²) in [5.41, 5.74) is 3.15. The van der Waals surface area contributed by atoms with Crippen molar-refractivity contribution in [2.45, 2.75) is 11.8 Å². The van der Waals surface area contributed by atoms with Crippen molar-refractivity contribution in [1.82, 2.24) is 9.55 Å². The van der Waals surface area contributed by atoms with Gasteiger partial charge in [0.2, 0.25) is 0 Å². The Kier molecular flexibility index (Phi) is 4.52. The minimum atomic E-state index is -3.29. The zero-order chi connectivity index (χ0) is 19.9. The lowest BCUT2D eigenvalue weighted by molar-refractivity contribution is 0.102. The van der Waals surface area contributed by atoms with Gasteiger partial charge in [0, 0.05) is 29.9 Å². The Morgan fingerprint density at radius 1 is 1.11 bits per heavy atom. The van der Waals surface area contributed by atoms with Gasteiger partial charge in [-0.05, 0) is 55.0 Å². The molecule has 0 spiro atoms. The molecule has 1 amide bonds. The minimum Gasteiger partial charge on any atom is -0.324 e. The second-order valence-corrected chi connectivity index (χ2v) is 9.51. The number of benzene rings is 2. The maximum Gasteiger partial charge on any atom is 0.257 e. The fourth-order valence-corrected chi connectivity index (χ4v) is 4.50. The number of hydrogen-bond acceptors (Lipinski definition) is 5. The van der Waals surface area contributed by atoms with Gasteiger partial charge in [0.15, 0.2) is 15.0 Å². The largest absolute Gasteiger partial charge is 0.324 e. The standard InChI is InChI=1S/C20H17N3O3S2/c1-13-5-6-14(11-17(13)23-9-3-4-10-23)19(24)22-20-21-16-8-7-15(28(2,25)26)12-18(16)27-20/h3-12H,1-2H3,(H,21,22,24). The average Bonchev–Trinajstić information content (AvgIpc) is 3.29. The van der Waals surface area contributed by atoms with Crippen LogP contribution in [0.1, 0.15) is 15.9 Å². The molecule has 2 aromatic heterocycles. The third-order valence-electron chi connectivity index (χ3n) is 4.36. The van der Waals surface area contributed by atoms with Crippen LogP contribution in [0.2, 0.25) is 0 Å². The summed E-state index contributed by atoms with van der Waals surface area (Å²) in [6, 6.07) is 14.1. The van der Waals surface area contributed by atoms with Gasteiger partial charge in [0.1, 0.15) is 0 Å². The van der Waals surface area contributed by atoms with Crippen LogP contribution < -0.4 is 5.32 Å². The molecule has 0 saturated heterocycles. The fraction of sp³-hybridized carbons (Fsp3) is 0.100. The van der Waals surface area contributed by atoms with Crippen LogP contribution in [0.4, 0.5) is 5.13 Å². The first-order valence-electron chi connectivity index (χ1n) is 8.47. The number of nitrogens with zero attached hydrogens (tertiary/aromatic N) is 2. The molecule has 4 rings (SSSR count). The molecule has 0 atom stereocenters. The highest BCUT2D eigenvalue weighted by molar-refractivity contribution is 7.90. The number of carbonyl (C=O) groups excluding carboxylic acids is 1. The smallest absolute Gasteiger partial charge is 0.257 e. The van der Waals surface area contributed by atoms with Crippen molar-refractivity contribution in [3.05, 3.63) is 72.1 Å². The predicted octanol–water partition coefficient (Wildman–Crippen LogP) is 4.05. The first-order valence-corrected chi connectivity index (χ1v) is 11.2. The SMILES string of the molecule is Cc1ccc(C(=O)Nc2nc3ccc(S(C)(=O)=O)cc3s2)cc1-n1cccc1. The van der Waals surface area contributed by atoms with Gasteiger partial charge < -0.3 is 4.57 Å². The second kappa shape index (κ2) is 6.88. The number of amides is 1. The van der Waals surface area contributed by atoms with Crippen LogP contribution >= 0.6 is 11.3 Å². The molecule has 0 aliphatic rings. The lowest BCUT2D eigenvalue weighted by atomic mass is 10.1. The highest BCUT2D eigenvalue weighted by Crippen LogP contribution is 2.28. The summed E-state index contributed by atoms with van der Waals surface area (Å²) in [6.07, 6.45) is 5.02. The molecule has 2 aromatic carbocycles. The molecule has 1 N–H and O–H groups in total. The summed E-state index contributed by atoms with van der Waals surface area (Å²) < 4.78 is 26.1. The van der Waals surface area contributed by atoms with E-state index in [9.17, 15) is 13.2 Å². The fourth-order valence-electron chi connectivity index (χ4n) is 2.88. The Balaban J connectivity index is 1.63. The Bertz CT molecular complexity index is 1290. The van der Waals surface area contributed by atoms with E-state index in [4.69, 9.17) is 0 Å². The molecule has 6 nitrogen and oxygen atoms in total. The van der Waals surface area contributed by atoms with Crippen LogP contribution in [-0.4, -0.2) is 30.1 Å². The minimum absolute atomic E-state index is 0.233. The number of rotatable bonds is 4. The second-order valence-electron chi connectivity index (χ2n) is 6.47. The molecule has 0 aliphatic carbocycles. The van der Waals surface area contributed by atoms with Crippen molar-refractivity contribution in [2.75, 3.05) is 11.6 Å². The number of nitrogens with one attached hydrogen (secondary N) is 1. The van der Waals surface area contributed by atoms with Crippen LogP contribution in [0.25, 0.3) is 15.9 Å². The highest BCUT2D eigenvalue weighted by Gasteiger charge is 2.14. The van der Waals surface area contributed by atoms with Gasteiger partial charge in [-0.2, -0.15) is 0 Å². The van der Waals surface area contributed by atoms with Crippen LogP contribution in [0, 0.1) is 6.92 Å². The molecule has 0 radical (unpaired) electrons. The Morgan fingerprint density at radius 2 is 1.86 bits per heavy atom. The number of aromatic nitrogens is 2. The third kappa shape index (κ3) is 3.56. The number of fused-ring (bicyclic) bond motifs is 1. The predicted molar refractivity (Wildman–Crippen MR) is 111 cm³/mol. The van der Waals surface area contributed by atoms with Gasteiger partial charge in [0.05, 0.1) is 15.1 Å². The van der Waals surface area contributed by atoms with E-state index in [1.807, 2.05) is 48.1 Å². The zero-order valence-electron chi connectivity index (χ0n) is 15.2. The summed E-state index contributed by atoms with van der Waals surface area (Å²) in [5, 5.41) is 3.23. The number of anilines is 1. The average molecular weight is 412 g/mol. The van der Waals surface area contributed by atoms with Crippen LogP contribution in [0.3, 0.4) is 0 Å². The number of hydrogen-bond donors (Lipinski definition) is 1. The lowest BCUT2D eigenvalue weighted by Crippen LogP contribution is -2.12. The molecule has 142 valence electrons. The van der Waals surface area contributed by atoms with Crippen molar-refractivity contribution in [2.24, 2.45) is 0 Å². The third-order valence-corrected chi connectivity index (χ3v) is 6.41. The number of thiazole rings is 1. The van der Waals surface area contributed by atoms with E-state index in [1.165, 1.54) is 17.4 Å². The molecule has 4 aromatic rings. The van der Waals surface area contributed by atoms with E-state index in [1.54, 1.807) is 18.2 Å². The quantitative estimate of drug-likeness (QED) is 0.549. The van der Waals surface area contributed by atoms with E-state index in [-0.39, 0.29) is 10.8 Å². The van der Waals surface area contributed by atoms with Crippen LogP contribution in [0.5, 0.6) is 0 Å². The molecule has 0 fully saturated rings. The topological polar surface area (TPSA) is 81.1 Å². The molecular weight excluding hydrogens is 394 g/mol. The lowest BCUT2D eigenvalue weighted by Gasteiger charge is -2.09. The molecular formula is C20H17N3O3S2. The summed E-state index contributed by atoms with van der Waals surface area (Å²) in [7, 11) is -3.29. The molecule has 2 heterocycles. The first kappa shape index (κ1) is 18.4. The van der Waals surface area contributed by atoms with Gasteiger partial charge in [-0.15, -0.1) is 0 Å². The van der Waals surface area contributed by atoms with E-state index >= 15 is 0 Å². The number of carbonyl (C=O) groups is 1. The molecule has 8 heteroatoms. The van der Waals surface area contributed by atoms with Crippen molar-refractivity contribution in [1.29, 1.82) is 0 Å². The molecule has 0 bridgehead atoms. The first-order chi connectivity index (χ1) is 13.3. The van der Waals surface area contributed by atoms with Crippen molar-refractivity contribution in [3.8, 4) is 5.69 Å². The Hall–Kier alpha value is -2.97. The highest BCUT2D eigenvalue weighted by atomic mass is 32.2. The Labute approximate surface area is 166 Å². The van der Waals surface area contributed by atoms with E-state index in [0.717, 1.165) is 17.5 Å². The van der Waals surface area contributed by atoms with Gasteiger partial charge in [-0.1, -0.05) is 17.4 Å². The summed E-state index contributed by atoms with van der Waals surface area (Å²) in [6.45, 7) is 1.99. The Morgan fingerprint density at radius 3 is 2.57 bits per heavy atom. The summed E-state index contributed by atoms with van der Waals surface area (Å²) in [5.74, 6) is -0.268. The molecule has 0 saturated carbocycles. The van der Waals surface area contributed by atoms with Gasteiger partial charge in [-0.3, -0.25) is 10.1 Å². The number of sulfone groups is 1. The number of aryl methyl sites for hydroxylation is 1. The van der Waals surface area contributed by atoms with Crippen LogP contribution in [0.15, 0.2) is 65.8 Å². The van der Waals surface area contributed by atoms with Crippen LogP contribution in [-0.2, 0) is 9.84 Å². The van der Waals surface area contributed by atoms with Crippen molar-refractivity contribution < 1.29 is 13.2 Å². The van der Waals surface area contributed by atoms with E-state index in [0.29, 0.717) is 20.9 Å². The van der Waals surface area contributed by atoms with Crippen molar-refractivity contribution >= 4 is 42.4 Å². The monoisotopic (exact) mass is 411 g/mol. The van der Waals surface area contributed by atoms with E-state index < -0.39 is 9.84 Å². The molecule has 28 heavy (non-hydrogen) atoms. The molecule has 0 unspecified atom stereocenters. The van der Waals surface area contributed by atoms with Crippen molar-refractivity contribution in [3.63, 3.8) is 0 Å². The zero-order valence-corrected chi connectivity index (χ0v) is 16.8. The summed E-state index contributed by atoms with van der Waals surface area (Å²) in [4.78, 5) is 17.3. The maximum atomic E-state index is 12.7. The van der Waals surface area contributed by atoms with E-state index in [2.05, 4.69) is 10.3 Å². The summed E-state index contributed by atoms with van der Waals surface area (Å²) >= 11 is 1.24. The normalized spacial score (nSPS) is 11.6. The maximum absolute atomic E-state index is 12.7. The van der Waals surface area contributed by atoms with Gasteiger partial charge in [-0.25, -0.2) is 13.4 Å². The van der Waals surface area contributed by atoms with Gasteiger partial charge in [0.25, 0.3) is 5.91 Å². The molecule has 0 aliphatic heterocycles.